The Bertz CT molecular complexity index is 917. The summed E-state index contributed by atoms with van der Waals surface area (Å²) in [4.78, 5) is 12.8. The maximum Gasteiger partial charge on any atom is 0.240 e. The minimum Gasteiger partial charge on any atom is -0.325 e. The van der Waals surface area contributed by atoms with E-state index in [0.29, 0.717) is 10.6 Å². The van der Waals surface area contributed by atoms with Crippen molar-refractivity contribution >= 4 is 33.4 Å². The Morgan fingerprint density at radius 1 is 1.00 bits per heavy atom. The summed E-state index contributed by atoms with van der Waals surface area (Å²) < 4.78 is 52.8. The number of halogens is 2. The average molecular weight is 414 g/mol. The molecule has 0 heterocycles. The Balaban J connectivity index is 2.01. The van der Waals surface area contributed by atoms with Gasteiger partial charge in [-0.2, -0.15) is 0 Å². The fourth-order valence-corrected chi connectivity index (χ4v) is 4.29. The lowest BCUT2D eigenvalue weighted by atomic mass is 10.3. The van der Waals surface area contributed by atoms with Gasteiger partial charge in [-0.15, -0.1) is 11.8 Å². The third-order valence-electron chi connectivity index (χ3n) is 3.40. The van der Waals surface area contributed by atoms with E-state index in [1.165, 1.54) is 30.3 Å². The molecule has 2 aromatic carbocycles. The topological polar surface area (TPSA) is 75.3 Å². The van der Waals surface area contributed by atoms with E-state index < -0.39 is 26.9 Å². The number of hydrogen-bond donors (Lipinski definition) is 2. The van der Waals surface area contributed by atoms with Crippen molar-refractivity contribution in [1.82, 2.24) is 4.72 Å². The summed E-state index contributed by atoms with van der Waals surface area (Å²) in [5, 5.41) is 2.10. The van der Waals surface area contributed by atoms with Crippen LogP contribution in [0.15, 0.2) is 52.3 Å². The Kier molecular flexibility index (Phi) is 6.96. The molecule has 2 rings (SSSR count). The highest BCUT2D eigenvalue weighted by Crippen LogP contribution is 2.26. The first-order valence-corrected chi connectivity index (χ1v) is 10.5. The Morgan fingerprint density at radius 3 is 2.19 bits per heavy atom. The molecule has 9 heteroatoms. The number of carbonyl (C=O) groups is 1. The lowest BCUT2D eigenvalue weighted by Gasteiger charge is -2.13. The largest absolute Gasteiger partial charge is 0.325 e. The van der Waals surface area contributed by atoms with Crippen molar-refractivity contribution in [3.63, 3.8) is 0 Å². The van der Waals surface area contributed by atoms with Crippen LogP contribution in [0.2, 0.25) is 0 Å². The molecule has 0 spiro atoms. The van der Waals surface area contributed by atoms with Gasteiger partial charge in [-0.3, -0.25) is 4.79 Å². The second-order valence-electron chi connectivity index (χ2n) is 6.13. The van der Waals surface area contributed by atoms with Crippen molar-refractivity contribution in [2.75, 3.05) is 5.32 Å². The zero-order valence-electron chi connectivity index (χ0n) is 15.0. The second-order valence-corrected chi connectivity index (χ2v) is 9.25. The molecule has 5 nitrogen and oxygen atoms in total. The highest BCUT2D eigenvalue weighted by molar-refractivity contribution is 8.00. The number of rotatable bonds is 7. The number of hydrogen-bond acceptors (Lipinski definition) is 4. The number of anilines is 1. The standard InChI is InChI=1S/C18H20F2N2O3S2/c1-11(2)22-27(24,25)15-7-4-13(5-8-15)21-18(23)12(3)26-14-6-9-16(19)17(20)10-14/h4-12,22H,1-3H3,(H,21,23). The molecule has 0 aromatic heterocycles. The predicted molar refractivity (Wildman–Crippen MR) is 102 cm³/mol. The van der Waals surface area contributed by atoms with Gasteiger partial charge in [-0.1, -0.05) is 0 Å². The Hall–Kier alpha value is -1.97. The highest BCUT2D eigenvalue weighted by Gasteiger charge is 2.17. The molecule has 0 saturated carbocycles. The molecule has 0 saturated heterocycles. The SMILES string of the molecule is CC(C)NS(=O)(=O)c1ccc(NC(=O)C(C)Sc2ccc(F)c(F)c2)cc1. The molecule has 2 aromatic rings. The van der Waals surface area contributed by atoms with Gasteiger partial charge >= 0.3 is 0 Å². The van der Waals surface area contributed by atoms with Crippen LogP contribution in [0.3, 0.4) is 0 Å². The number of thioether (sulfide) groups is 1. The first-order valence-electron chi connectivity index (χ1n) is 8.13. The highest BCUT2D eigenvalue weighted by atomic mass is 32.2. The van der Waals surface area contributed by atoms with Crippen LogP contribution in [0, 0.1) is 11.6 Å². The molecular weight excluding hydrogens is 394 g/mol. The van der Waals surface area contributed by atoms with Crippen LogP contribution in [0.25, 0.3) is 0 Å². The molecule has 0 aliphatic rings. The van der Waals surface area contributed by atoms with Gasteiger partial charge < -0.3 is 5.32 Å². The zero-order valence-corrected chi connectivity index (χ0v) is 16.6. The van der Waals surface area contributed by atoms with Gasteiger partial charge in [-0.25, -0.2) is 21.9 Å². The zero-order chi connectivity index (χ0) is 20.2. The monoisotopic (exact) mass is 414 g/mol. The van der Waals surface area contributed by atoms with Crippen LogP contribution in [0.5, 0.6) is 0 Å². The minimum atomic E-state index is -3.60. The predicted octanol–water partition coefficient (Wildman–Crippen LogP) is 3.77. The van der Waals surface area contributed by atoms with Crippen LogP contribution in [0.1, 0.15) is 20.8 Å². The van der Waals surface area contributed by atoms with Gasteiger partial charge in [0.05, 0.1) is 10.1 Å². The fraction of sp³-hybridized carbons (Fsp3) is 0.278. The molecule has 0 aliphatic heterocycles. The first-order chi connectivity index (χ1) is 12.6. The molecule has 0 radical (unpaired) electrons. The van der Waals surface area contributed by atoms with Crippen molar-refractivity contribution < 1.29 is 22.0 Å². The second kappa shape index (κ2) is 8.81. The summed E-state index contributed by atoms with van der Waals surface area (Å²) in [5.74, 6) is -2.27. The summed E-state index contributed by atoms with van der Waals surface area (Å²) in [6.07, 6.45) is 0. The maximum atomic E-state index is 13.2. The van der Waals surface area contributed by atoms with E-state index in [1.54, 1.807) is 20.8 Å². The summed E-state index contributed by atoms with van der Waals surface area (Å²) in [5.41, 5.74) is 0.432. The average Bonchev–Trinajstić information content (AvgIpc) is 2.57. The van der Waals surface area contributed by atoms with E-state index >= 15 is 0 Å². The van der Waals surface area contributed by atoms with E-state index in [1.807, 2.05) is 0 Å². The molecule has 0 fully saturated rings. The van der Waals surface area contributed by atoms with Gasteiger partial charge in [0.25, 0.3) is 0 Å². The number of carbonyl (C=O) groups excluding carboxylic acids is 1. The van der Waals surface area contributed by atoms with Crippen LogP contribution in [-0.2, 0) is 14.8 Å². The number of amides is 1. The normalized spacial score (nSPS) is 12.8. The van der Waals surface area contributed by atoms with Crippen LogP contribution >= 0.6 is 11.8 Å². The third-order valence-corrected chi connectivity index (χ3v) is 6.16. The van der Waals surface area contributed by atoms with E-state index in [9.17, 15) is 22.0 Å². The summed E-state index contributed by atoms with van der Waals surface area (Å²) in [6, 6.07) is 8.97. The lowest BCUT2D eigenvalue weighted by molar-refractivity contribution is -0.115. The molecule has 0 bridgehead atoms. The molecule has 1 amide bonds. The quantitative estimate of drug-likeness (QED) is 0.677. The third kappa shape index (κ3) is 6.02. The molecule has 146 valence electrons. The Morgan fingerprint density at radius 2 is 1.63 bits per heavy atom. The number of benzene rings is 2. The van der Waals surface area contributed by atoms with Gasteiger partial charge in [0.2, 0.25) is 15.9 Å². The van der Waals surface area contributed by atoms with Gasteiger partial charge in [0.15, 0.2) is 11.6 Å². The number of nitrogens with one attached hydrogen (secondary N) is 2. The first kappa shape index (κ1) is 21.3. The smallest absolute Gasteiger partial charge is 0.240 e. The molecule has 0 aliphatic carbocycles. The van der Waals surface area contributed by atoms with E-state index in [2.05, 4.69) is 10.0 Å². The molecular formula is C18H20F2N2O3S2. The van der Waals surface area contributed by atoms with Crippen LogP contribution < -0.4 is 10.0 Å². The fourth-order valence-electron chi connectivity index (χ4n) is 2.15. The lowest BCUT2D eigenvalue weighted by Crippen LogP contribution is -2.30. The van der Waals surface area contributed by atoms with E-state index in [4.69, 9.17) is 0 Å². The van der Waals surface area contributed by atoms with Crippen molar-refractivity contribution in [3.8, 4) is 0 Å². The van der Waals surface area contributed by atoms with Crippen molar-refractivity contribution in [3.05, 3.63) is 54.1 Å². The van der Waals surface area contributed by atoms with Crippen molar-refractivity contribution in [1.29, 1.82) is 0 Å². The minimum absolute atomic E-state index is 0.0957. The van der Waals surface area contributed by atoms with E-state index in [-0.39, 0.29) is 16.8 Å². The van der Waals surface area contributed by atoms with Crippen LogP contribution in [0.4, 0.5) is 14.5 Å². The Labute approximate surface area is 161 Å². The molecule has 2 N–H and O–H groups in total. The van der Waals surface area contributed by atoms with E-state index in [0.717, 1.165) is 23.9 Å². The van der Waals surface area contributed by atoms with Crippen LogP contribution in [-0.4, -0.2) is 25.6 Å². The molecule has 1 unspecified atom stereocenters. The maximum absolute atomic E-state index is 13.2. The van der Waals surface area contributed by atoms with Gasteiger partial charge in [0, 0.05) is 16.6 Å². The van der Waals surface area contributed by atoms with Crippen molar-refractivity contribution in [2.45, 2.75) is 41.9 Å². The molecule has 1 atom stereocenters. The van der Waals surface area contributed by atoms with Gasteiger partial charge in [0.1, 0.15) is 0 Å². The molecule has 27 heavy (non-hydrogen) atoms. The number of sulfonamides is 1. The summed E-state index contributed by atoms with van der Waals surface area (Å²) in [7, 11) is -3.60. The summed E-state index contributed by atoms with van der Waals surface area (Å²) in [6.45, 7) is 5.07. The van der Waals surface area contributed by atoms with Crippen molar-refractivity contribution in [2.24, 2.45) is 0 Å². The van der Waals surface area contributed by atoms with Gasteiger partial charge in [-0.05, 0) is 63.2 Å². The summed E-state index contributed by atoms with van der Waals surface area (Å²) >= 11 is 1.08.